The summed E-state index contributed by atoms with van der Waals surface area (Å²) in [5.41, 5.74) is 10.6. The van der Waals surface area contributed by atoms with Crippen LogP contribution in [0.3, 0.4) is 0 Å². The zero-order valence-corrected chi connectivity index (χ0v) is 11.0. The Hall–Kier alpha value is -2.29. The number of benzene rings is 2. The summed E-state index contributed by atoms with van der Waals surface area (Å²) in [6.45, 7) is 2.93. The predicted molar refractivity (Wildman–Crippen MR) is 79.1 cm³/mol. The van der Waals surface area contributed by atoms with E-state index in [1.807, 2.05) is 10.6 Å². The highest BCUT2D eigenvalue weighted by Gasteiger charge is 2.10. The van der Waals surface area contributed by atoms with Crippen molar-refractivity contribution in [2.45, 2.75) is 19.9 Å². The molecule has 0 aliphatic rings. The van der Waals surface area contributed by atoms with Crippen LogP contribution >= 0.6 is 0 Å². The Morgan fingerprint density at radius 3 is 2.58 bits per heavy atom. The summed E-state index contributed by atoms with van der Waals surface area (Å²) < 4.78 is 2.05. The first-order valence-corrected chi connectivity index (χ1v) is 6.57. The molecule has 3 heteroatoms. The topological polar surface area (TPSA) is 43.8 Å². The fourth-order valence-electron chi connectivity index (χ4n) is 2.51. The average molecular weight is 251 g/mol. The van der Waals surface area contributed by atoms with E-state index in [9.17, 15) is 0 Å². The van der Waals surface area contributed by atoms with Gasteiger partial charge in [-0.3, -0.25) is 0 Å². The molecule has 1 heterocycles. The number of imidazole rings is 1. The van der Waals surface area contributed by atoms with Crippen molar-refractivity contribution in [2.24, 2.45) is 0 Å². The second kappa shape index (κ2) is 4.76. The predicted octanol–water partition coefficient (Wildman–Crippen LogP) is 3.23. The van der Waals surface area contributed by atoms with Gasteiger partial charge < -0.3 is 10.3 Å². The van der Waals surface area contributed by atoms with E-state index in [4.69, 9.17) is 5.73 Å². The van der Waals surface area contributed by atoms with Gasteiger partial charge >= 0.3 is 0 Å². The van der Waals surface area contributed by atoms with E-state index in [0.29, 0.717) is 5.95 Å². The molecular weight excluding hydrogens is 234 g/mol. The highest BCUT2D eigenvalue weighted by atomic mass is 15.1. The molecule has 96 valence electrons. The highest BCUT2D eigenvalue weighted by molar-refractivity contribution is 5.82. The lowest BCUT2D eigenvalue weighted by molar-refractivity contribution is 0.800. The third-order valence-corrected chi connectivity index (χ3v) is 3.45. The number of fused-ring (bicyclic) bond motifs is 1. The summed E-state index contributed by atoms with van der Waals surface area (Å²) >= 11 is 0. The maximum absolute atomic E-state index is 5.98. The van der Waals surface area contributed by atoms with Crippen LogP contribution in [0.15, 0.2) is 48.5 Å². The van der Waals surface area contributed by atoms with E-state index in [1.165, 1.54) is 11.1 Å². The van der Waals surface area contributed by atoms with E-state index < -0.39 is 0 Å². The smallest absolute Gasteiger partial charge is 0.201 e. The Labute approximate surface area is 112 Å². The molecule has 3 nitrogen and oxygen atoms in total. The van der Waals surface area contributed by atoms with Gasteiger partial charge in [-0.2, -0.15) is 0 Å². The monoisotopic (exact) mass is 251 g/mol. The molecule has 2 N–H and O–H groups in total. The largest absolute Gasteiger partial charge is 0.369 e. The number of para-hydroxylation sites is 1. The maximum Gasteiger partial charge on any atom is 0.201 e. The summed E-state index contributed by atoms with van der Waals surface area (Å²) in [4.78, 5) is 4.52. The number of rotatable bonds is 3. The van der Waals surface area contributed by atoms with Crippen LogP contribution < -0.4 is 5.73 Å². The van der Waals surface area contributed by atoms with Crippen LogP contribution in [0.2, 0.25) is 0 Å². The summed E-state index contributed by atoms with van der Waals surface area (Å²) in [7, 11) is 0. The van der Waals surface area contributed by atoms with Crippen LogP contribution in [-0.4, -0.2) is 9.55 Å². The van der Waals surface area contributed by atoms with E-state index in [0.717, 1.165) is 24.0 Å². The molecule has 0 fully saturated rings. The van der Waals surface area contributed by atoms with Gasteiger partial charge in [0.1, 0.15) is 0 Å². The van der Waals surface area contributed by atoms with E-state index in [-0.39, 0.29) is 0 Å². The molecule has 0 saturated heterocycles. The Morgan fingerprint density at radius 1 is 1.05 bits per heavy atom. The molecule has 0 aliphatic carbocycles. The SMILES string of the molecule is CCn1c(N)nc2c(Cc3ccccc3)cccc21. The van der Waals surface area contributed by atoms with Gasteiger partial charge in [0, 0.05) is 6.54 Å². The minimum Gasteiger partial charge on any atom is -0.369 e. The molecule has 1 aromatic heterocycles. The third kappa shape index (κ3) is 2.08. The second-order valence-corrected chi connectivity index (χ2v) is 4.66. The molecule has 0 spiro atoms. The first-order chi connectivity index (χ1) is 9.29. The van der Waals surface area contributed by atoms with Crippen LogP contribution in [-0.2, 0) is 13.0 Å². The maximum atomic E-state index is 5.98. The normalized spacial score (nSPS) is 11.0. The summed E-state index contributed by atoms with van der Waals surface area (Å²) in [5, 5.41) is 0. The highest BCUT2D eigenvalue weighted by Crippen LogP contribution is 2.23. The molecule has 0 atom stereocenters. The van der Waals surface area contributed by atoms with Crippen LogP contribution in [0.4, 0.5) is 5.95 Å². The van der Waals surface area contributed by atoms with E-state index >= 15 is 0 Å². The van der Waals surface area contributed by atoms with Crippen LogP contribution in [0.1, 0.15) is 18.1 Å². The van der Waals surface area contributed by atoms with Gasteiger partial charge in [0.15, 0.2) is 0 Å². The lowest BCUT2D eigenvalue weighted by atomic mass is 10.0. The molecule has 0 bridgehead atoms. The van der Waals surface area contributed by atoms with Crippen molar-refractivity contribution in [3.63, 3.8) is 0 Å². The van der Waals surface area contributed by atoms with Crippen LogP contribution in [0.25, 0.3) is 11.0 Å². The number of nitrogens with two attached hydrogens (primary N) is 1. The Bertz CT molecular complexity index is 699. The van der Waals surface area contributed by atoms with Crippen molar-refractivity contribution in [3.8, 4) is 0 Å². The minimum atomic E-state index is 0.595. The van der Waals surface area contributed by atoms with Gasteiger partial charge in [0.05, 0.1) is 11.0 Å². The standard InChI is InChI=1S/C16H17N3/c1-2-19-14-10-6-9-13(15(14)18-16(19)17)11-12-7-4-3-5-8-12/h3-10H,2,11H2,1H3,(H2,17,18). The van der Waals surface area contributed by atoms with Crippen molar-refractivity contribution in [3.05, 3.63) is 59.7 Å². The van der Waals surface area contributed by atoms with Gasteiger partial charge in [-0.25, -0.2) is 4.98 Å². The molecule has 0 unspecified atom stereocenters. The zero-order valence-electron chi connectivity index (χ0n) is 11.0. The lowest BCUT2D eigenvalue weighted by Gasteiger charge is -2.04. The third-order valence-electron chi connectivity index (χ3n) is 3.45. The number of hydrogen-bond donors (Lipinski definition) is 1. The van der Waals surface area contributed by atoms with Crippen molar-refractivity contribution in [1.82, 2.24) is 9.55 Å². The molecule has 0 amide bonds. The van der Waals surface area contributed by atoms with E-state index in [2.05, 4.69) is 54.4 Å². The molecule has 19 heavy (non-hydrogen) atoms. The van der Waals surface area contributed by atoms with E-state index in [1.54, 1.807) is 0 Å². The molecular formula is C16H17N3. The Balaban J connectivity index is 2.09. The van der Waals surface area contributed by atoms with Crippen LogP contribution in [0.5, 0.6) is 0 Å². The quantitative estimate of drug-likeness (QED) is 0.776. The molecule has 3 aromatic rings. The summed E-state index contributed by atoms with van der Waals surface area (Å²) in [5.74, 6) is 0.595. The van der Waals surface area contributed by atoms with Crippen LogP contribution in [0, 0.1) is 0 Å². The van der Waals surface area contributed by atoms with Gasteiger partial charge in [0.2, 0.25) is 5.95 Å². The number of anilines is 1. The first-order valence-electron chi connectivity index (χ1n) is 6.57. The molecule has 2 aromatic carbocycles. The number of hydrogen-bond acceptors (Lipinski definition) is 2. The molecule has 3 rings (SSSR count). The van der Waals surface area contributed by atoms with Gasteiger partial charge in [0.25, 0.3) is 0 Å². The summed E-state index contributed by atoms with van der Waals surface area (Å²) in [6, 6.07) is 16.7. The molecule has 0 saturated carbocycles. The number of aryl methyl sites for hydroxylation is 1. The number of nitrogens with zero attached hydrogens (tertiary/aromatic N) is 2. The fraction of sp³-hybridized carbons (Fsp3) is 0.188. The van der Waals surface area contributed by atoms with Crippen molar-refractivity contribution >= 4 is 17.0 Å². The van der Waals surface area contributed by atoms with Crippen molar-refractivity contribution < 1.29 is 0 Å². The zero-order chi connectivity index (χ0) is 13.2. The van der Waals surface area contributed by atoms with Gasteiger partial charge in [-0.05, 0) is 30.5 Å². The number of nitrogen functional groups attached to an aromatic ring is 1. The van der Waals surface area contributed by atoms with Gasteiger partial charge in [-0.1, -0.05) is 42.5 Å². The summed E-state index contributed by atoms with van der Waals surface area (Å²) in [6.07, 6.45) is 0.887. The Kier molecular flexibility index (Phi) is 2.95. The lowest BCUT2D eigenvalue weighted by Crippen LogP contribution is -2.00. The van der Waals surface area contributed by atoms with Gasteiger partial charge in [-0.15, -0.1) is 0 Å². The Morgan fingerprint density at radius 2 is 1.84 bits per heavy atom. The number of aromatic nitrogens is 2. The van der Waals surface area contributed by atoms with Crippen molar-refractivity contribution in [2.75, 3.05) is 5.73 Å². The fourth-order valence-corrected chi connectivity index (χ4v) is 2.51. The average Bonchev–Trinajstić information content (AvgIpc) is 2.76. The minimum absolute atomic E-state index is 0.595. The molecule has 0 aliphatic heterocycles. The van der Waals surface area contributed by atoms with Crippen molar-refractivity contribution in [1.29, 1.82) is 0 Å². The second-order valence-electron chi connectivity index (χ2n) is 4.66. The first kappa shape index (κ1) is 11.8. The molecule has 0 radical (unpaired) electrons.